The summed E-state index contributed by atoms with van der Waals surface area (Å²) in [7, 11) is 0. The summed E-state index contributed by atoms with van der Waals surface area (Å²) in [6.07, 6.45) is -7.63. The number of halogens is 5. The van der Waals surface area contributed by atoms with Crippen molar-refractivity contribution in [1.29, 1.82) is 0 Å². The third kappa shape index (κ3) is 5.57. The van der Waals surface area contributed by atoms with Gasteiger partial charge >= 0.3 is 12.1 Å². The van der Waals surface area contributed by atoms with Gasteiger partial charge in [0.05, 0.1) is 12.3 Å². The topological polar surface area (TPSA) is 119 Å². The lowest BCUT2D eigenvalue weighted by Gasteiger charge is -2.28. The van der Waals surface area contributed by atoms with Gasteiger partial charge in [0.2, 0.25) is 5.60 Å². The monoisotopic (exact) mass is 529 g/mol. The van der Waals surface area contributed by atoms with Gasteiger partial charge < -0.3 is 25.7 Å². The average molecular weight is 529 g/mol. The first kappa shape index (κ1) is 28.0. The fraction of sp³-hybridized carbons (Fsp3) is 0.375. The van der Waals surface area contributed by atoms with E-state index in [0.29, 0.717) is 29.3 Å². The number of alkyl halides is 5. The van der Waals surface area contributed by atoms with Crippen LogP contribution < -0.4 is 15.5 Å². The Balaban J connectivity index is 1.85. The van der Waals surface area contributed by atoms with Crippen molar-refractivity contribution in [2.75, 3.05) is 24.6 Å². The van der Waals surface area contributed by atoms with Gasteiger partial charge in [0.15, 0.2) is 0 Å². The van der Waals surface area contributed by atoms with Crippen LogP contribution in [0.4, 0.5) is 27.6 Å². The molecule has 1 unspecified atom stereocenters. The van der Waals surface area contributed by atoms with Crippen LogP contribution in [0.5, 0.6) is 0 Å². The number of anilines is 1. The number of benzene rings is 2. The number of amides is 3. The Kier molecular flexibility index (Phi) is 7.89. The fourth-order valence-electron chi connectivity index (χ4n) is 3.83. The predicted octanol–water partition coefficient (Wildman–Crippen LogP) is 2.30. The number of hydrogen-bond acceptors (Lipinski definition) is 5. The largest absolute Gasteiger partial charge is 0.453 e. The zero-order valence-corrected chi connectivity index (χ0v) is 19.5. The molecule has 8 nitrogen and oxygen atoms in total. The van der Waals surface area contributed by atoms with Crippen LogP contribution in [0.2, 0.25) is 0 Å². The maximum atomic E-state index is 13.5. The molecule has 2 atom stereocenters. The number of nitrogens with zero attached hydrogens (tertiary/aromatic N) is 1. The van der Waals surface area contributed by atoms with E-state index in [1.54, 1.807) is 53.8 Å². The van der Waals surface area contributed by atoms with Crippen molar-refractivity contribution in [1.82, 2.24) is 10.6 Å². The summed E-state index contributed by atoms with van der Waals surface area (Å²) in [6, 6.07) is 11.9. The second kappa shape index (κ2) is 10.4. The highest BCUT2D eigenvalue weighted by Gasteiger charge is 2.56. The third-order valence-corrected chi connectivity index (χ3v) is 5.89. The molecule has 1 aliphatic heterocycles. The van der Waals surface area contributed by atoms with Crippen LogP contribution in [0.15, 0.2) is 48.5 Å². The third-order valence-electron chi connectivity index (χ3n) is 5.89. The highest BCUT2D eigenvalue weighted by Crippen LogP contribution is 2.40. The van der Waals surface area contributed by atoms with E-state index >= 15 is 0 Å². The quantitative estimate of drug-likeness (QED) is 0.309. The summed E-state index contributed by atoms with van der Waals surface area (Å²) < 4.78 is 63.2. The zero-order valence-electron chi connectivity index (χ0n) is 19.5. The molecule has 1 aliphatic rings. The molecule has 1 heterocycles. The SMILES string of the molecule is C[C@](O)(C(=O)NCCC(F)(F)C(F)(F)F)C(=O)NC1C(=O)N(CCO)c2ccccc2-c2ccccc21. The van der Waals surface area contributed by atoms with Crippen LogP contribution in [0, 0.1) is 0 Å². The van der Waals surface area contributed by atoms with Gasteiger partial charge in [-0.3, -0.25) is 14.4 Å². The summed E-state index contributed by atoms with van der Waals surface area (Å²) in [5, 5.41) is 24.0. The summed E-state index contributed by atoms with van der Waals surface area (Å²) in [4.78, 5) is 40.0. The fourth-order valence-corrected chi connectivity index (χ4v) is 3.83. The molecule has 0 fully saturated rings. The zero-order chi connectivity index (χ0) is 27.6. The number of aliphatic hydroxyl groups is 2. The van der Waals surface area contributed by atoms with E-state index in [-0.39, 0.29) is 6.54 Å². The highest BCUT2D eigenvalue weighted by molar-refractivity contribution is 6.11. The Bertz CT molecular complexity index is 1190. The molecule has 3 rings (SSSR count). The maximum Gasteiger partial charge on any atom is 0.453 e. The Labute approximate surface area is 208 Å². The number of para-hydroxylation sites is 1. The molecule has 3 amide bonds. The van der Waals surface area contributed by atoms with Crippen LogP contribution in [0.25, 0.3) is 11.1 Å². The number of carbonyl (C=O) groups excluding carboxylic acids is 3. The molecule has 0 spiro atoms. The number of fused-ring (bicyclic) bond motifs is 3. The van der Waals surface area contributed by atoms with E-state index in [1.165, 1.54) is 4.90 Å². The molecule has 0 bridgehead atoms. The normalized spacial score (nSPS) is 17.2. The van der Waals surface area contributed by atoms with Gasteiger partial charge in [0.1, 0.15) is 6.04 Å². The molecular formula is C24H24F5N3O5. The van der Waals surface area contributed by atoms with E-state index in [0.717, 1.165) is 0 Å². The van der Waals surface area contributed by atoms with Crippen molar-refractivity contribution in [2.24, 2.45) is 0 Å². The van der Waals surface area contributed by atoms with Crippen LogP contribution in [0.1, 0.15) is 24.9 Å². The summed E-state index contributed by atoms with van der Waals surface area (Å²) in [6.45, 7) is -1.02. The molecule has 0 radical (unpaired) electrons. The average Bonchev–Trinajstić information content (AvgIpc) is 2.93. The van der Waals surface area contributed by atoms with Gasteiger partial charge in [-0.15, -0.1) is 0 Å². The predicted molar refractivity (Wildman–Crippen MR) is 121 cm³/mol. The Morgan fingerprint density at radius 1 is 0.973 bits per heavy atom. The standard InChI is InChI=1S/C24H24F5N3O5/c1-22(37,20(35)30-11-10-23(25,26)24(27,28)29)21(36)31-18-16-8-3-2-6-14(16)15-7-4-5-9-17(15)32(12-13-33)19(18)34/h2-9,18,33,37H,10-13H2,1H3,(H,30,35)(H,31,36)/t18?,22-/m0/s1. The van der Waals surface area contributed by atoms with E-state index in [1.807, 2.05) is 0 Å². The van der Waals surface area contributed by atoms with Crippen molar-refractivity contribution in [3.05, 3.63) is 54.1 Å². The van der Waals surface area contributed by atoms with Crippen molar-refractivity contribution >= 4 is 23.4 Å². The minimum atomic E-state index is -5.83. The van der Waals surface area contributed by atoms with Crippen molar-refractivity contribution in [3.63, 3.8) is 0 Å². The number of β-amino-alcohol motifs (C(OH)–C–C–N with tert-alkyl or cyclic N) is 1. The van der Waals surface area contributed by atoms with Gasteiger partial charge in [-0.2, -0.15) is 22.0 Å². The molecule has 4 N–H and O–H groups in total. The molecule has 2 aromatic carbocycles. The Hall–Kier alpha value is -3.58. The van der Waals surface area contributed by atoms with Gasteiger partial charge in [0, 0.05) is 25.1 Å². The molecule has 0 saturated heterocycles. The van der Waals surface area contributed by atoms with E-state index in [4.69, 9.17) is 0 Å². The lowest BCUT2D eigenvalue weighted by Crippen LogP contribution is -2.57. The smallest absolute Gasteiger partial charge is 0.395 e. The van der Waals surface area contributed by atoms with Crippen LogP contribution >= 0.6 is 0 Å². The van der Waals surface area contributed by atoms with Crippen molar-refractivity contribution in [3.8, 4) is 11.1 Å². The minimum Gasteiger partial charge on any atom is -0.395 e. The first-order chi connectivity index (χ1) is 17.2. The number of nitrogens with one attached hydrogen (secondary N) is 2. The van der Waals surface area contributed by atoms with Crippen LogP contribution in [-0.4, -0.2) is 65.3 Å². The van der Waals surface area contributed by atoms with Crippen molar-refractivity contribution < 1.29 is 46.5 Å². The molecule has 13 heteroatoms. The molecule has 2 aromatic rings. The lowest BCUT2D eigenvalue weighted by molar-refractivity contribution is -0.283. The summed E-state index contributed by atoms with van der Waals surface area (Å²) in [5.41, 5.74) is -0.998. The van der Waals surface area contributed by atoms with Crippen LogP contribution in [0.3, 0.4) is 0 Å². The first-order valence-electron chi connectivity index (χ1n) is 11.1. The second-order valence-corrected chi connectivity index (χ2v) is 8.50. The number of carbonyl (C=O) groups is 3. The number of aliphatic hydroxyl groups excluding tert-OH is 1. The lowest BCUT2D eigenvalue weighted by atomic mass is 9.94. The Morgan fingerprint density at radius 2 is 1.57 bits per heavy atom. The number of hydrogen-bond donors (Lipinski definition) is 4. The van der Waals surface area contributed by atoms with E-state index in [2.05, 4.69) is 5.32 Å². The summed E-state index contributed by atoms with van der Waals surface area (Å²) >= 11 is 0. The molecule has 37 heavy (non-hydrogen) atoms. The van der Waals surface area contributed by atoms with E-state index in [9.17, 15) is 46.5 Å². The minimum absolute atomic E-state index is 0.138. The molecule has 0 saturated carbocycles. The van der Waals surface area contributed by atoms with Gasteiger partial charge in [-0.25, -0.2) is 0 Å². The van der Waals surface area contributed by atoms with Gasteiger partial charge in [0.25, 0.3) is 17.7 Å². The van der Waals surface area contributed by atoms with E-state index < -0.39 is 61.0 Å². The van der Waals surface area contributed by atoms with Gasteiger partial charge in [-0.1, -0.05) is 42.5 Å². The molecule has 200 valence electrons. The second-order valence-electron chi connectivity index (χ2n) is 8.50. The van der Waals surface area contributed by atoms with Gasteiger partial charge in [-0.05, 0) is 24.1 Å². The Morgan fingerprint density at radius 3 is 2.19 bits per heavy atom. The van der Waals surface area contributed by atoms with Crippen molar-refractivity contribution in [2.45, 2.75) is 37.1 Å². The molecule has 0 aliphatic carbocycles. The molecular weight excluding hydrogens is 505 g/mol. The highest BCUT2D eigenvalue weighted by atomic mass is 19.4. The maximum absolute atomic E-state index is 13.5. The summed E-state index contributed by atoms with van der Waals surface area (Å²) in [5.74, 6) is -8.71. The number of rotatable bonds is 8. The molecule has 0 aromatic heterocycles. The first-order valence-corrected chi connectivity index (χ1v) is 11.1. The van der Waals surface area contributed by atoms with Crippen LogP contribution in [-0.2, 0) is 14.4 Å².